The molecule has 25 heavy (non-hydrogen) atoms. The highest BCUT2D eigenvalue weighted by atomic mass is 16.5. The zero-order valence-electron chi connectivity index (χ0n) is 15.9. The van der Waals surface area contributed by atoms with Gasteiger partial charge in [-0.3, -0.25) is 0 Å². The number of phenolic OH excluding ortho intramolecular Hbond substituents is 1. The van der Waals surface area contributed by atoms with Crippen LogP contribution in [-0.4, -0.2) is 31.5 Å². The first-order chi connectivity index (χ1) is 12.0. The SMILES string of the molecule is C=C(COC)C1=CCOC1CC/C(=C/c1cc(C)c(O)c(C)c1)CC. The average Bonchev–Trinajstić information content (AvgIpc) is 3.05. The van der Waals surface area contributed by atoms with E-state index >= 15 is 0 Å². The van der Waals surface area contributed by atoms with Crippen LogP contribution < -0.4 is 0 Å². The van der Waals surface area contributed by atoms with Gasteiger partial charge >= 0.3 is 0 Å². The molecule has 2 rings (SSSR count). The minimum Gasteiger partial charge on any atom is -0.507 e. The molecule has 1 aromatic rings. The van der Waals surface area contributed by atoms with Crippen LogP contribution in [0.1, 0.15) is 42.9 Å². The van der Waals surface area contributed by atoms with E-state index in [0.717, 1.165) is 41.5 Å². The largest absolute Gasteiger partial charge is 0.507 e. The van der Waals surface area contributed by atoms with Crippen molar-refractivity contribution in [2.75, 3.05) is 20.3 Å². The summed E-state index contributed by atoms with van der Waals surface area (Å²) in [6.07, 6.45) is 7.41. The molecule has 0 saturated carbocycles. The minimum absolute atomic E-state index is 0.112. The summed E-state index contributed by atoms with van der Waals surface area (Å²) in [6.45, 7) is 11.4. The van der Waals surface area contributed by atoms with Gasteiger partial charge in [0.15, 0.2) is 0 Å². The number of phenols is 1. The third kappa shape index (κ3) is 5.07. The Kier molecular flexibility index (Phi) is 7.03. The zero-order chi connectivity index (χ0) is 18.4. The molecule has 0 bridgehead atoms. The lowest BCUT2D eigenvalue weighted by atomic mass is 9.95. The van der Waals surface area contributed by atoms with E-state index in [1.165, 1.54) is 11.1 Å². The number of benzene rings is 1. The smallest absolute Gasteiger partial charge is 0.121 e. The van der Waals surface area contributed by atoms with Crippen molar-refractivity contribution in [1.82, 2.24) is 0 Å². The molecule has 1 aliphatic rings. The second-order valence-electron chi connectivity index (χ2n) is 6.72. The number of hydrogen-bond donors (Lipinski definition) is 1. The van der Waals surface area contributed by atoms with Crippen molar-refractivity contribution in [2.24, 2.45) is 0 Å². The van der Waals surface area contributed by atoms with Gasteiger partial charge in [0.1, 0.15) is 5.75 Å². The molecule has 0 aromatic heterocycles. The minimum atomic E-state index is 0.112. The Labute approximate surface area is 151 Å². The molecular formula is C22H30O3. The fourth-order valence-electron chi connectivity index (χ4n) is 3.32. The van der Waals surface area contributed by atoms with Gasteiger partial charge in [0, 0.05) is 7.11 Å². The topological polar surface area (TPSA) is 38.7 Å². The van der Waals surface area contributed by atoms with Crippen molar-refractivity contribution in [3.05, 3.63) is 58.2 Å². The van der Waals surface area contributed by atoms with Crippen LogP contribution in [0, 0.1) is 13.8 Å². The predicted molar refractivity (Wildman–Crippen MR) is 104 cm³/mol. The van der Waals surface area contributed by atoms with Crippen LogP contribution >= 0.6 is 0 Å². The van der Waals surface area contributed by atoms with E-state index in [9.17, 15) is 5.11 Å². The van der Waals surface area contributed by atoms with Gasteiger partial charge in [-0.05, 0) is 73.1 Å². The molecule has 1 atom stereocenters. The fraction of sp³-hybridized carbons (Fsp3) is 0.455. The number of hydrogen-bond acceptors (Lipinski definition) is 3. The molecule has 0 radical (unpaired) electrons. The van der Waals surface area contributed by atoms with Gasteiger partial charge in [-0.1, -0.05) is 31.2 Å². The Hall–Kier alpha value is -1.84. The first-order valence-electron chi connectivity index (χ1n) is 8.94. The Bertz CT molecular complexity index is 660. The van der Waals surface area contributed by atoms with Crippen molar-refractivity contribution >= 4 is 6.08 Å². The van der Waals surface area contributed by atoms with Crippen LogP contribution in [0.2, 0.25) is 0 Å². The molecule has 0 saturated heterocycles. The Morgan fingerprint density at radius 1 is 1.36 bits per heavy atom. The van der Waals surface area contributed by atoms with E-state index in [-0.39, 0.29) is 6.10 Å². The summed E-state index contributed by atoms with van der Waals surface area (Å²) >= 11 is 0. The monoisotopic (exact) mass is 342 g/mol. The molecule has 0 amide bonds. The van der Waals surface area contributed by atoms with Crippen LogP contribution in [0.4, 0.5) is 0 Å². The van der Waals surface area contributed by atoms with E-state index in [4.69, 9.17) is 9.47 Å². The van der Waals surface area contributed by atoms with Gasteiger partial charge in [0.25, 0.3) is 0 Å². The zero-order valence-corrected chi connectivity index (χ0v) is 15.9. The highest BCUT2D eigenvalue weighted by Crippen LogP contribution is 2.29. The summed E-state index contributed by atoms with van der Waals surface area (Å²) in [5, 5.41) is 9.93. The molecule has 0 aliphatic carbocycles. The highest BCUT2D eigenvalue weighted by Gasteiger charge is 2.22. The van der Waals surface area contributed by atoms with Gasteiger partial charge in [0.05, 0.1) is 19.3 Å². The summed E-state index contributed by atoms with van der Waals surface area (Å²) < 4.78 is 11.1. The summed E-state index contributed by atoms with van der Waals surface area (Å²) in [4.78, 5) is 0. The number of ether oxygens (including phenoxy) is 2. The van der Waals surface area contributed by atoms with Crippen LogP contribution in [0.5, 0.6) is 5.75 Å². The van der Waals surface area contributed by atoms with Gasteiger partial charge in [-0.15, -0.1) is 0 Å². The molecule has 3 nitrogen and oxygen atoms in total. The van der Waals surface area contributed by atoms with E-state index in [2.05, 4.69) is 25.7 Å². The van der Waals surface area contributed by atoms with Crippen molar-refractivity contribution in [2.45, 2.75) is 46.1 Å². The molecule has 3 heteroatoms. The molecule has 136 valence electrons. The van der Waals surface area contributed by atoms with E-state index < -0.39 is 0 Å². The second-order valence-corrected chi connectivity index (χ2v) is 6.72. The van der Waals surface area contributed by atoms with Crippen LogP contribution in [0.25, 0.3) is 6.08 Å². The summed E-state index contributed by atoms with van der Waals surface area (Å²) in [6, 6.07) is 4.08. The van der Waals surface area contributed by atoms with Crippen molar-refractivity contribution in [3.63, 3.8) is 0 Å². The van der Waals surface area contributed by atoms with Gasteiger partial charge < -0.3 is 14.6 Å². The number of aromatic hydroxyl groups is 1. The second kappa shape index (κ2) is 9.02. The third-order valence-corrected chi connectivity index (χ3v) is 4.74. The van der Waals surface area contributed by atoms with Crippen molar-refractivity contribution in [1.29, 1.82) is 0 Å². The quantitative estimate of drug-likeness (QED) is 0.713. The number of aryl methyl sites for hydroxylation is 2. The van der Waals surface area contributed by atoms with Crippen molar-refractivity contribution in [3.8, 4) is 5.75 Å². The molecule has 0 spiro atoms. The summed E-state index contributed by atoms with van der Waals surface area (Å²) in [7, 11) is 1.69. The lowest BCUT2D eigenvalue weighted by molar-refractivity contribution is 0.115. The molecule has 1 N–H and O–H groups in total. The maximum Gasteiger partial charge on any atom is 0.121 e. The number of methoxy groups -OCH3 is 1. The molecule has 1 aliphatic heterocycles. The fourth-order valence-corrected chi connectivity index (χ4v) is 3.32. The summed E-state index contributed by atoms with van der Waals surface area (Å²) in [5.41, 5.74) is 6.57. The molecule has 1 aromatic carbocycles. The maximum absolute atomic E-state index is 9.93. The van der Waals surface area contributed by atoms with E-state index in [1.54, 1.807) is 7.11 Å². The van der Waals surface area contributed by atoms with Gasteiger partial charge in [-0.2, -0.15) is 0 Å². The highest BCUT2D eigenvalue weighted by molar-refractivity contribution is 5.58. The number of rotatable bonds is 8. The maximum atomic E-state index is 9.93. The first kappa shape index (κ1) is 19.5. The lowest BCUT2D eigenvalue weighted by Crippen LogP contribution is -2.13. The Morgan fingerprint density at radius 3 is 2.64 bits per heavy atom. The molecular weight excluding hydrogens is 312 g/mol. The predicted octanol–water partition coefficient (Wildman–Crippen LogP) is 5.11. The Morgan fingerprint density at radius 2 is 2.04 bits per heavy atom. The normalized spacial score (nSPS) is 17.7. The van der Waals surface area contributed by atoms with Crippen LogP contribution in [0.15, 0.2) is 41.5 Å². The third-order valence-electron chi connectivity index (χ3n) is 4.74. The molecule has 1 heterocycles. The molecule has 1 unspecified atom stereocenters. The Balaban J connectivity index is 2.05. The average molecular weight is 342 g/mol. The standard InChI is InChI=1S/C22H30O3/c1-6-18(13-19-11-15(2)22(23)16(3)12-19)7-8-21-20(9-10-25-21)17(4)14-24-5/h9,11-13,21,23H,4,6-8,10,14H2,1-3,5H3/b18-13+. The lowest BCUT2D eigenvalue weighted by Gasteiger charge is -2.17. The van der Waals surface area contributed by atoms with Crippen LogP contribution in [-0.2, 0) is 9.47 Å². The van der Waals surface area contributed by atoms with Gasteiger partial charge in [-0.25, -0.2) is 0 Å². The first-order valence-corrected chi connectivity index (χ1v) is 8.94. The van der Waals surface area contributed by atoms with E-state index in [0.29, 0.717) is 19.0 Å². The van der Waals surface area contributed by atoms with Gasteiger partial charge in [0.2, 0.25) is 0 Å². The summed E-state index contributed by atoms with van der Waals surface area (Å²) in [5.74, 6) is 0.390. The van der Waals surface area contributed by atoms with Crippen molar-refractivity contribution < 1.29 is 14.6 Å². The number of allylic oxidation sites excluding steroid dienone is 1. The van der Waals surface area contributed by atoms with Crippen LogP contribution in [0.3, 0.4) is 0 Å². The molecule has 0 fully saturated rings. The van der Waals surface area contributed by atoms with E-state index in [1.807, 2.05) is 26.0 Å².